The number of nitrogens with zero attached hydrogens (tertiary/aromatic N) is 3. The van der Waals surface area contributed by atoms with Crippen molar-refractivity contribution in [2.45, 2.75) is 25.3 Å². The first-order valence-corrected chi connectivity index (χ1v) is 8.41. The molecule has 0 spiro atoms. The molecule has 5 heteroatoms. The van der Waals surface area contributed by atoms with Gasteiger partial charge in [0.1, 0.15) is 0 Å². The van der Waals surface area contributed by atoms with Crippen LogP contribution in [0.2, 0.25) is 0 Å². The van der Waals surface area contributed by atoms with Crippen LogP contribution in [0.1, 0.15) is 30.9 Å². The lowest BCUT2D eigenvalue weighted by Crippen LogP contribution is -2.39. The van der Waals surface area contributed by atoms with Crippen molar-refractivity contribution >= 4 is 5.91 Å². The van der Waals surface area contributed by atoms with Crippen LogP contribution in [0.5, 0.6) is 0 Å². The summed E-state index contributed by atoms with van der Waals surface area (Å²) >= 11 is 0. The van der Waals surface area contributed by atoms with Gasteiger partial charge in [-0.2, -0.15) is 5.06 Å². The number of likely N-dealkylation sites (N-methyl/N-ethyl adjacent to an activating group) is 2. The molecule has 1 atom stereocenters. The monoisotopic (exact) mass is 319 g/mol. The van der Waals surface area contributed by atoms with Crippen LogP contribution >= 0.6 is 0 Å². The maximum atomic E-state index is 12.6. The zero-order valence-corrected chi connectivity index (χ0v) is 14.6. The first-order valence-electron chi connectivity index (χ1n) is 8.41. The second kappa shape index (κ2) is 9.01. The average molecular weight is 319 g/mol. The van der Waals surface area contributed by atoms with Gasteiger partial charge in [-0.05, 0) is 32.5 Å². The molecule has 1 amide bonds. The minimum atomic E-state index is 0.0703. The molecule has 0 radical (unpaired) electrons. The number of hydrogen-bond acceptors (Lipinski definition) is 4. The summed E-state index contributed by atoms with van der Waals surface area (Å²) in [5.74, 6) is 0.162. The molecule has 0 unspecified atom stereocenters. The van der Waals surface area contributed by atoms with Crippen LogP contribution in [-0.4, -0.2) is 68.2 Å². The van der Waals surface area contributed by atoms with Gasteiger partial charge in [-0.25, -0.2) is 0 Å². The fourth-order valence-electron chi connectivity index (χ4n) is 2.87. The van der Waals surface area contributed by atoms with E-state index < -0.39 is 0 Å². The predicted molar refractivity (Wildman–Crippen MR) is 91.9 cm³/mol. The van der Waals surface area contributed by atoms with Gasteiger partial charge in [0.05, 0.1) is 12.6 Å². The lowest BCUT2D eigenvalue weighted by atomic mass is 10.0. The molecule has 0 bridgehead atoms. The van der Waals surface area contributed by atoms with Crippen molar-refractivity contribution in [2.75, 3.05) is 47.4 Å². The van der Waals surface area contributed by atoms with E-state index in [1.165, 1.54) is 5.56 Å². The van der Waals surface area contributed by atoms with Gasteiger partial charge in [0.15, 0.2) is 0 Å². The van der Waals surface area contributed by atoms with Crippen LogP contribution in [0.4, 0.5) is 0 Å². The third kappa shape index (κ3) is 5.61. The van der Waals surface area contributed by atoms with E-state index in [9.17, 15) is 4.79 Å². The molecule has 1 aromatic carbocycles. The van der Waals surface area contributed by atoms with Crippen molar-refractivity contribution in [2.24, 2.45) is 0 Å². The highest BCUT2D eigenvalue weighted by Gasteiger charge is 2.23. The van der Waals surface area contributed by atoms with Gasteiger partial charge in [-0.15, -0.1) is 0 Å². The molecule has 0 aliphatic carbocycles. The third-order valence-corrected chi connectivity index (χ3v) is 4.23. The minimum absolute atomic E-state index is 0.0703. The molecule has 5 nitrogen and oxygen atoms in total. The van der Waals surface area contributed by atoms with Gasteiger partial charge in [-0.1, -0.05) is 30.3 Å². The van der Waals surface area contributed by atoms with Crippen LogP contribution in [0.25, 0.3) is 0 Å². The van der Waals surface area contributed by atoms with Crippen molar-refractivity contribution in [3.8, 4) is 0 Å². The molecule has 0 N–H and O–H groups in total. The normalized spacial score (nSPS) is 17.2. The molecule has 1 heterocycles. The van der Waals surface area contributed by atoms with Crippen molar-refractivity contribution < 1.29 is 9.63 Å². The van der Waals surface area contributed by atoms with Crippen LogP contribution < -0.4 is 0 Å². The smallest absolute Gasteiger partial charge is 0.224 e. The molecular weight excluding hydrogens is 290 g/mol. The van der Waals surface area contributed by atoms with Gasteiger partial charge >= 0.3 is 0 Å². The van der Waals surface area contributed by atoms with Gasteiger partial charge in [0, 0.05) is 33.1 Å². The largest absolute Gasteiger partial charge is 0.337 e. The zero-order chi connectivity index (χ0) is 16.7. The Morgan fingerprint density at radius 3 is 2.57 bits per heavy atom. The summed E-state index contributed by atoms with van der Waals surface area (Å²) in [6.07, 6.45) is 2.76. The number of hydrogen-bond donors (Lipinski definition) is 0. The Bertz CT molecular complexity index is 472. The Morgan fingerprint density at radius 2 is 1.96 bits per heavy atom. The van der Waals surface area contributed by atoms with Gasteiger partial charge < -0.3 is 9.80 Å². The second-order valence-corrected chi connectivity index (χ2v) is 6.41. The second-order valence-electron chi connectivity index (χ2n) is 6.41. The molecule has 1 aliphatic rings. The quantitative estimate of drug-likeness (QED) is 0.772. The first kappa shape index (κ1) is 17.9. The Hall–Kier alpha value is -1.43. The summed E-state index contributed by atoms with van der Waals surface area (Å²) in [5.41, 5.74) is 1.17. The summed E-state index contributed by atoms with van der Waals surface area (Å²) in [6.45, 7) is 3.19. The van der Waals surface area contributed by atoms with E-state index in [4.69, 9.17) is 4.84 Å². The molecule has 1 aliphatic heterocycles. The number of benzene rings is 1. The van der Waals surface area contributed by atoms with Crippen LogP contribution in [0, 0.1) is 0 Å². The van der Waals surface area contributed by atoms with E-state index in [1.54, 1.807) is 0 Å². The molecule has 2 rings (SSSR count). The molecule has 1 saturated heterocycles. The molecule has 0 saturated carbocycles. The highest BCUT2D eigenvalue weighted by atomic mass is 16.7. The summed E-state index contributed by atoms with van der Waals surface area (Å²) in [6, 6.07) is 10.3. The van der Waals surface area contributed by atoms with E-state index in [0.717, 1.165) is 32.5 Å². The molecule has 23 heavy (non-hydrogen) atoms. The summed E-state index contributed by atoms with van der Waals surface area (Å²) in [5, 5.41) is 1.93. The van der Waals surface area contributed by atoms with Gasteiger partial charge in [-0.3, -0.25) is 9.63 Å². The van der Waals surface area contributed by atoms with Crippen LogP contribution in [0.3, 0.4) is 0 Å². The Morgan fingerprint density at radius 1 is 1.22 bits per heavy atom. The molecule has 128 valence electrons. The number of hydroxylamine groups is 2. The fraction of sp³-hybridized carbons (Fsp3) is 0.611. The zero-order valence-electron chi connectivity index (χ0n) is 14.6. The molecular formula is C18H29N3O2. The highest BCUT2D eigenvalue weighted by molar-refractivity contribution is 5.76. The number of rotatable bonds is 7. The lowest BCUT2D eigenvalue weighted by molar-refractivity contribution is -0.182. The van der Waals surface area contributed by atoms with E-state index in [-0.39, 0.29) is 11.9 Å². The SMILES string of the molecule is CN(C)C[C@@H](c1ccccc1)N(C)C(=O)CCN1CCCCO1. The topological polar surface area (TPSA) is 36.0 Å². The van der Waals surface area contributed by atoms with E-state index in [1.807, 2.05) is 49.3 Å². The number of carbonyl (C=O) groups excluding carboxylic acids is 1. The van der Waals surface area contributed by atoms with Crippen LogP contribution in [-0.2, 0) is 9.63 Å². The van der Waals surface area contributed by atoms with Crippen molar-refractivity contribution in [3.63, 3.8) is 0 Å². The van der Waals surface area contributed by atoms with Crippen LogP contribution in [0.15, 0.2) is 30.3 Å². The average Bonchev–Trinajstić information content (AvgIpc) is 2.58. The van der Waals surface area contributed by atoms with E-state index in [0.29, 0.717) is 13.0 Å². The Kier molecular flexibility index (Phi) is 7.02. The summed E-state index contributed by atoms with van der Waals surface area (Å²) < 4.78 is 0. The number of amides is 1. The summed E-state index contributed by atoms with van der Waals surface area (Å²) in [4.78, 5) is 22.2. The van der Waals surface area contributed by atoms with Crippen molar-refractivity contribution in [3.05, 3.63) is 35.9 Å². The first-order chi connectivity index (χ1) is 11.1. The molecule has 0 aromatic heterocycles. The van der Waals surface area contributed by atoms with Crippen molar-refractivity contribution in [1.29, 1.82) is 0 Å². The number of carbonyl (C=O) groups is 1. The highest BCUT2D eigenvalue weighted by Crippen LogP contribution is 2.21. The molecule has 1 aromatic rings. The van der Waals surface area contributed by atoms with Gasteiger partial charge in [0.2, 0.25) is 5.91 Å². The maximum absolute atomic E-state index is 12.6. The van der Waals surface area contributed by atoms with E-state index in [2.05, 4.69) is 17.0 Å². The fourth-order valence-corrected chi connectivity index (χ4v) is 2.87. The van der Waals surface area contributed by atoms with Gasteiger partial charge in [0.25, 0.3) is 0 Å². The Balaban J connectivity index is 1.95. The maximum Gasteiger partial charge on any atom is 0.224 e. The minimum Gasteiger partial charge on any atom is -0.337 e. The molecule has 1 fully saturated rings. The predicted octanol–water partition coefficient (Wildman–Crippen LogP) is 2.17. The Labute approximate surface area is 139 Å². The summed E-state index contributed by atoms with van der Waals surface area (Å²) in [7, 11) is 5.98. The van der Waals surface area contributed by atoms with E-state index >= 15 is 0 Å². The lowest BCUT2D eigenvalue weighted by Gasteiger charge is -2.32. The standard InChI is InChI=1S/C18H29N3O2/c1-19(2)15-17(16-9-5-4-6-10-16)20(3)18(22)11-13-21-12-7-8-14-23-21/h4-6,9-10,17H,7-8,11-15H2,1-3H3/t17-/m0/s1. The third-order valence-electron chi connectivity index (χ3n) is 4.23. The van der Waals surface area contributed by atoms with Crippen molar-refractivity contribution in [1.82, 2.24) is 14.9 Å².